The number of hydrogen-bond donors (Lipinski definition) is 1. The molecular formula is C12H26N2. The van der Waals surface area contributed by atoms with Gasteiger partial charge in [0, 0.05) is 19.6 Å². The Hall–Kier alpha value is -0.0800. The van der Waals surface area contributed by atoms with Crippen LogP contribution in [0.4, 0.5) is 0 Å². The molecule has 0 bridgehead atoms. The van der Waals surface area contributed by atoms with Crippen molar-refractivity contribution in [3.05, 3.63) is 0 Å². The molecule has 0 atom stereocenters. The van der Waals surface area contributed by atoms with Crippen molar-refractivity contribution >= 4 is 0 Å². The van der Waals surface area contributed by atoms with Gasteiger partial charge in [0.15, 0.2) is 0 Å². The van der Waals surface area contributed by atoms with Gasteiger partial charge in [-0.25, -0.2) is 0 Å². The van der Waals surface area contributed by atoms with Crippen LogP contribution in [0, 0.1) is 11.8 Å². The molecule has 0 radical (unpaired) electrons. The van der Waals surface area contributed by atoms with Crippen LogP contribution in [-0.4, -0.2) is 38.6 Å². The maximum atomic E-state index is 3.20. The fraction of sp³-hybridized carbons (Fsp3) is 1.00. The first-order valence-corrected chi connectivity index (χ1v) is 6.05. The normalized spacial score (nSPS) is 28.3. The van der Waals surface area contributed by atoms with E-state index in [9.17, 15) is 0 Å². The van der Waals surface area contributed by atoms with Crippen LogP contribution < -0.4 is 5.32 Å². The van der Waals surface area contributed by atoms with Crippen molar-refractivity contribution in [2.45, 2.75) is 32.6 Å². The van der Waals surface area contributed by atoms with Crippen molar-refractivity contribution in [1.82, 2.24) is 10.2 Å². The minimum Gasteiger partial charge on any atom is -0.318 e. The molecule has 0 saturated heterocycles. The van der Waals surface area contributed by atoms with Crippen LogP contribution in [0.15, 0.2) is 0 Å². The van der Waals surface area contributed by atoms with Crippen molar-refractivity contribution in [2.75, 3.05) is 33.7 Å². The summed E-state index contributed by atoms with van der Waals surface area (Å²) in [5.74, 6) is 1.95. The third kappa shape index (κ3) is 4.43. The zero-order valence-electron chi connectivity index (χ0n) is 10.1. The lowest BCUT2D eigenvalue weighted by Crippen LogP contribution is -2.32. The highest BCUT2D eigenvalue weighted by Gasteiger charge is 2.18. The predicted molar refractivity (Wildman–Crippen MR) is 62.5 cm³/mol. The van der Waals surface area contributed by atoms with Gasteiger partial charge in [-0.3, -0.25) is 0 Å². The minimum atomic E-state index is 0.966. The van der Waals surface area contributed by atoms with Crippen molar-refractivity contribution in [2.24, 2.45) is 11.8 Å². The minimum absolute atomic E-state index is 0.966. The van der Waals surface area contributed by atoms with E-state index >= 15 is 0 Å². The molecule has 0 amide bonds. The molecule has 1 rings (SSSR count). The Kier molecular flexibility index (Phi) is 5.49. The van der Waals surface area contributed by atoms with E-state index in [1.807, 2.05) is 7.05 Å². The standard InChI is InChI=1S/C12H26N2/c1-11-4-6-12(7-5-11)10-14(3)9-8-13-2/h11-13H,4-10H2,1-3H3. The third-order valence-electron chi connectivity index (χ3n) is 3.45. The zero-order chi connectivity index (χ0) is 10.4. The molecule has 14 heavy (non-hydrogen) atoms. The molecule has 1 N–H and O–H groups in total. The fourth-order valence-electron chi connectivity index (χ4n) is 2.35. The Balaban J connectivity index is 2.10. The van der Waals surface area contributed by atoms with E-state index in [1.165, 1.54) is 38.8 Å². The number of hydrogen-bond acceptors (Lipinski definition) is 2. The molecule has 0 aromatic rings. The Morgan fingerprint density at radius 3 is 2.43 bits per heavy atom. The zero-order valence-corrected chi connectivity index (χ0v) is 10.1. The molecule has 2 heteroatoms. The highest BCUT2D eigenvalue weighted by Crippen LogP contribution is 2.28. The molecule has 2 nitrogen and oxygen atoms in total. The largest absolute Gasteiger partial charge is 0.318 e. The second-order valence-electron chi connectivity index (χ2n) is 4.99. The average molecular weight is 198 g/mol. The molecular weight excluding hydrogens is 172 g/mol. The summed E-state index contributed by atoms with van der Waals surface area (Å²) in [7, 11) is 4.27. The highest BCUT2D eigenvalue weighted by atomic mass is 15.1. The van der Waals surface area contributed by atoms with Gasteiger partial charge in [0.2, 0.25) is 0 Å². The molecule has 0 aliphatic heterocycles. The molecule has 0 spiro atoms. The number of nitrogens with one attached hydrogen (secondary N) is 1. The fourth-order valence-corrected chi connectivity index (χ4v) is 2.35. The van der Waals surface area contributed by atoms with Crippen LogP contribution in [0.25, 0.3) is 0 Å². The van der Waals surface area contributed by atoms with Gasteiger partial charge in [0.1, 0.15) is 0 Å². The van der Waals surface area contributed by atoms with Crippen LogP contribution in [0.2, 0.25) is 0 Å². The van der Waals surface area contributed by atoms with Gasteiger partial charge < -0.3 is 10.2 Å². The maximum Gasteiger partial charge on any atom is 0.0104 e. The predicted octanol–water partition coefficient (Wildman–Crippen LogP) is 1.96. The Morgan fingerprint density at radius 1 is 1.21 bits per heavy atom. The quantitative estimate of drug-likeness (QED) is 0.726. The molecule has 0 unspecified atom stereocenters. The summed E-state index contributed by atoms with van der Waals surface area (Å²) in [4.78, 5) is 2.47. The lowest BCUT2D eigenvalue weighted by molar-refractivity contribution is 0.211. The summed E-state index contributed by atoms with van der Waals surface area (Å²) in [6, 6.07) is 0. The highest BCUT2D eigenvalue weighted by molar-refractivity contribution is 4.72. The summed E-state index contributed by atoms with van der Waals surface area (Å²) in [5, 5.41) is 3.20. The van der Waals surface area contributed by atoms with E-state index < -0.39 is 0 Å². The summed E-state index contributed by atoms with van der Waals surface area (Å²) in [5.41, 5.74) is 0. The lowest BCUT2D eigenvalue weighted by atomic mass is 9.83. The van der Waals surface area contributed by atoms with Gasteiger partial charge in [-0.15, -0.1) is 0 Å². The van der Waals surface area contributed by atoms with Crippen molar-refractivity contribution < 1.29 is 0 Å². The summed E-state index contributed by atoms with van der Waals surface area (Å²) < 4.78 is 0. The number of rotatable bonds is 5. The van der Waals surface area contributed by atoms with Crippen molar-refractivity contribution in [3.63, 3.8) is 0 Å². The number of nitrogens with zero attached hydrogens (tertiary/aromatic N) is 1. The first-order chi connectivity index (χ1) is 6.72. The first-order valence-electron chi connectivity index (χ1n) is 6.05. The molecule has 84 valence electrons. The molecule has 1 aliphatic carbocycles. The third-order valence-corrected chi connectivity index (χ3v) is 3.45. The van der Waals surface area contributed by atoms with E-state index in [-0.39, 0.29) is 0 Å². The second kappa shape index (κ2) is 6.41. The van der Waals surface area contributed by atoms with Crippen LogP contribution in [0.1, 0.15) is 32.6 Å². The van der Waals surface area contributed by atoms with Gasteiger partial charge in [0.25, 0.3) is 0 Å². The average Bonchev–Trinajstić information content (AvgIpc) is 2.18. The molecule has 1 fully saturated rings. The van der Waals surface area contributed by atoms with E-state index in [0.29, 0.717) is 0 Å². The molecule has 0 heterocycles. The maximum absolute atomic E-state index is 3.20. The van der Waals surface area contributed by atoms with Crippen LogP contribution in [-0.2, 0) is 0 Å². The Morgan fingerprint density at radius 2 is 1.86 bits per heavy atom. The van der Waals surface area contributed by atoms with E-state index in [2.05, 4.69) is 24.2 Å². The first kappa shape index (κ1) is 12.0. The molecule has 1 aliphatic rings. The number of likely N-dealkylation sites (N-methyl/N-ethyl adjacent to an activating group) is 2. The Labute approximate surface area is 89.1 Å². The Bertz CT molecular complexity index is 139. The van der Waals surface area contributed by atoms with Gasteiger partial charge >= 0.3 is 0 Å². The van der Waals surface area contributed by atoms with E-state index in [1.54, 1.807) is 0 Å². The monoisotopic (exact) mass is 198 g/mol. The molecule has 0 aromatic carbocycles. The van der Waals surface area contributed by atoms with Gasteiger partial charge in [-0.05, 0) is 38.8 Å². The van der Waals surface area contributed by atoms with E-state index in [4.69, 9.17) is 0 Å². The van der Waals surface area contributed by atoms with Crippen LogP contribution in [0.5, 0.6) is 0 Å². The summed E-state index contributed by atoms with van der Waals surface area (Å²) in [6.45, 7) is 5.98. The summed E-state index contributed by atoms with van der Waals surface area (Å²) in [6.07, 6.45) is 5.80. The van der Waals surface area contributed by atoms with E-state index in [0.717, 1.165) is 18.4 Å². The van der Waals surface area contributed by atoms with Gasteiger partial charge in [-0.2, -0.15) is 0 Å². The van der Waals surface area contributed by atoms with Crippen LogP contribution in [0.3, 0.4) is 0 Å². The SMILES string of the molecule is CNCCN(C)CC1CCC(C)CC1. The lowest BCUT2D eigenvalue weighted by Gasteiger charge is -2.29. The van der Waals surface area contributed by atoms with Crippen molar-refractivity contribution in [3.8, 4) is 0 Å². The van der Waals surface area contributed by atoms with Crippen LogP contribution >= 0.6 is 0 Å². The summed E-state index contributed by atoms with van der Waals surface area (Å²) >= 11 is 0. The second-order valence-corrected chi connectivity index (χ2v) is 4.99. The topological polar surface area (TPSA) is 15.3 Å². The smallest absolute Gasteiger partial charge is 0.0104 e. The van der Waals surface area contributed by atoms with Gasteiger partial charge in [-0.1, -0.05) is 19.8 Å². The van der Waals surface area contributed by atoms with Crippen molar-refractivity contribution in [1.29, 1.82) is 0 Å². The molecule has 1 saturated carbocycles. The van der Waals surface area contributed by atoms with Gasteiger partial charge in [0.05, 0.1) is 0 Å². The molecule has 0 aromatic heterocycles.